The molecule has 1 aliphatic rings. The fourth-order valence-corrected chi connectivity index (χ4v) is 4.93. The standard InChI is InChI=1S/C16H22N2O2S2/c1-18(14-5-6-15(11-14)21-2)9-10-22(19,20)16-7-3-13(12-17)4-8-16/h3-4,7-8,14-15H,5-6,9-11H2,1-2H3/t14-,15+/m1/s1. The highest BCUT2D eigenvalue weighted by atomic mass is 32.2. The van der Waals surface area contributed by atoms with Crippen LogP contribution in [-0.2, 0) is 9.84 Å². The summed E-state index contributed by atoms with van der Waals surface area (Å²) in [6.45, 7) is 0.550. The summed E-state index contributed by atoms with van der Waals surface area (Å²) in [5.41, 5.74) is 0.477. The second kappa shape index (κ2) is 7.49. The molecule has 120 valence electrons. The average Bonchev–Trinajstić information content (AvgIpc) is 3.02. The fourth-order valence-electron chi connectivity index (χ4n) is 2.83. The van der Waals surface area contributed by atoms with Crippen molar-refractivity contribution in [3.05, 3.63) is 29.8 Å². The Morgan fingerprint density at radius 2 is 2.00 bits per heavy atom. The van der Waals surface area contributed by atoms with Crippen molar-refractivity contribution in [2.24, 2.45) is 0 Å². The fraction of sp³-hybridized carbons (Fsp3) is 0.562. The lowest BCUT2D eigenvalue weighted by atomic mass is 10.2. The Morgan fingerprint density at radius 1 is 1.32 bits per heavy atom. The Hall–Kier alpha value is -1.03. The van der Waals surface area contributed by atoms with E-state index in [9.17, 15) is 8.42 Å². The first-order chi connectivity index (χ1) is 10.5. The van der Waals surface area contributed by atoms with Gasteiger partial charge in [0.1, 0.15) is 0 Å². The highest BCUT2D eigenvalue weighted by molar-refractivity contribution is 7.99. The van der Waals surface area contributed by atoms with E-state index in [0.717, 1.165) is 12.8 Å². The van der Waals surface area contributed by atoms with Crippen LogP contribution < -0.4 is 0 Å². The third-order valence-electron chi connectivity index (χ3n) is 4.37. The van der Waals surface area contributed by atoms with E-state index < -0.39 is 9.84 Å². The molecule has 22 heavy (non-hydrogen) atoms. The maximum absolute atomic E-state index is 12.4. The first-order valence-corrected chi connectivity index (χ1v) is 10.4. The van der Waals surface area contributed by atoms with Gasteiger partial charge in [0, 0.05) is 17.8 Å². The first-order valence-electron chi connectivity index (χ1n) is 7.42. The predicted octanol–water partition coefficient (Wildman–Crippen LogP) is 2.55. The minimum Gasteiger partial charge on any atom is -0.302 e. The lowest BCUT2D eigenvalue weighted by molar-refractivity contribution is 0.259. The largest absolute Gasteiger partial charge is 0.302 e. The monoisotopic (exact) mass is 338 g/mol. The third kappa shape index (κ3) is 4.25. The van der Waals surface area contributed by atoms with E-state index in [0.29, 0.717) is 28.3 Å². The van der Waals surface area contributed by atoms with Crippen molar-refractivity contribution in [3.8, 4) is 6.07 Å². The molecule has 0 N–H and O–H groups in total. The molecule has 1 aromatic rings. The maximum Gasteiger partial charge on any atom is 0.179 e. The number of thioether (sulfide) groups is 1. The van der Waals surface area contributed by atoms with Crippen molar-refractivity contribution in [3.63, 3.8) is 0 Å². The molecule has 0 spiro atoms. The van der Waals surface area contributed by atoms with Crippen LogP contribution in [0, 0.1) is 11.3 Å². The third-order valence-corrected chi connectivity index (χ3v) is 7.17. The molecule has 0 heterocycles. The lowest BCUT2D eigenvalue weighted by Crippen LogP contribution is -2.34. The highest BCUT2D eigenvalue weighted by Crippen LogP contribution is 2.30. The Morgan fingerprint density at radius 3 is 2.55 bits per heavy atom. The van der Waals surface area contributed by atoms with Crippen molar-refractivity contribution in [1.82, 2.24) is 4.90 Å². The molecule has 1 fully saturated rings. The molecule has 0 amide bonds. The minimum atomic E-state index is -3.29. The van der Waals surface area contributed by atoms with Crippen LogP contribution in [-0.4, -0.2) is 50.2 Å². The zero-order chi connectivity index (χ0) is 16.2. The quantitative estimate of drug-likeness (QED) is 0.798. The van der Waals surface area contributed by atoms with Crippen molar-refractivity contribution in [1.29, 1.82) is 5.26 Å². The van der Waals surface area contributed by atoms with E-state index in [-0.39, 0.29) is 5.75 Å². The molecule has 4 nitrogen and oxygen atoms in total. The van der Waals surface area contributed by atoms with Gasteiger partial charge in [0.15, 0.2) is 9.84 Å². The molecule has 1 aliphatic carbocycles. The number of nitrogens with zero attached hydrogens (tertiary/aromatic N) is 2. The molecular weight excluding hydrogens is 316 g/mol. The first kappa shape index (κ1) is 17.3. The molecule has 6 heteroatoms. The molecule has 0 aliphatic heterocycles. The van der Waals surface area contributed by atoms with E-state index in [2.05, 4.69) is 11.2 Å². The number of nitriles is 1. The van der Waals surface area contributed by atoms with Crippen LogP contribution in [0.15, 0.2) is 29.2 Å². The summed E-state index contributed by atoms with van der Waals surface area (Å²) in [4.78, 5) is 2.48. The highest BCUT2D eigenvalue weighted by Gasteiger charge is 2.27. The smallest absolute Gasteiger partial charge is 0.179 e. The van der Waals surface area contributed by atoms with Crippen LogP contribution in [0.3, 0.4) is 0 Å². The van der Waals surface area contributed by atoms with Crippen LogP contribution in [0.25, 0.3) is 0 Å². The molecule has 0 radical (unpaired) electrons. The Kier molecular flexibility index (Phi) is 5.90. The zero-order valence-corrected chi connectivity index (χ0v) is 14.7. The molecule has 1 aromatic carbocycles. The molecule has 1 saturated carbocycles. The Labute approximate surface area is 137 Å². The van der Waals surface area contributed by atoms with Gasteiger partial charge in [0.05, 0.1) is 22.3 Å². The molecule has 2 rings (SSSR count). The van der Waals surface area contributed by atoms with E-state index in [4.69, 9.17) is 5.26 Å². The van der Waals surface area contributed by atoms with E-state index in [1.165, 1.54) is 18.6 Å². The number of sulfone groups is 1. The van der Waals surface area contributed by atoms with Gasteiger partial charge < -0.3 is 4.90 Å². The van der Waals surface area contributed by atoms with Gasteiger partial charge in [-0.15, -0.1) is 0 Å². The number of hydrogen-bond acceptors (Lipinski definition) is 5. The molecule has 0 saturated heterocycles. The Balaban J connectivity index is 1.93. The van der Waals surface area contributed by atoms with Gasteiger partial charge in [-0.05, 0) is 56.8 Å². The van der Waals surface area contributed by atoms with Gasteiger partial charge in [-0.3, -0.25) is 0 Å². The number of benzene rings is 1. The Bertz CT molecular complexity index is 635. The van der Waals surface area contributed by atoms with Crippen LogP contribution in [0.4, 0.5) is 0 Å². The van der Waals surface area contributed by atoms with Gasteiger partial charge >= 0.3 is 0 Å². The number of rotatable bonds is 6. The van der Waals surface area contributed by atoms with Gasteiger partial charge in [0.2, 0.25) is 0 Å². The lowest BCUT2D eigenvalue weighted by Gasteiger charge is -2.24. The summed E-state index contributed by atoms with van der Waals surface area (Å²) in [5.74, 6) is 0.121. The van der Waals surface area contributed by atoms with Gasteiger partial charge in [-0.2, -0.15) is 17.0 Å². The van der Waals surface area contributed by atoms with Crippen LogP contribution in [0.2, 0.25) is 0 Å². The van der Waals surface area contributed by atoms with Crippen LogP contribution in [0.5, 0.6) is 0 Å². The summed E-state index contributed by atoms with van der Waals surface area (Å²) >= 11 is 1.91. The molecule has 0 bridgehead atoms. The van der Waals surface area contributed by atoms with Gasteiger partial charge in [0.25, 0.3) is 0 Å². The van der Waals surface area contributed by atoms with Gasteiger partial charge in [-0.25, -0.2) is 8.42 Å². The molecular formula is C16H22N2O2S2. The summed E-state index contributed by atoms with van der Waals surface area (Å²) < 4.78 is 24.7. The zero-order valence-electron chi connectivity index (χ0n) is 13.0. The number of hydrogen-bond donors (Lipinski definition) is 0. The molecule has 2 atom stereocenters. The van der Waals surface area contributed by atoms with Crippen molar-refractivity contribution in [2.45, 2.75) is 35.4 Å². The SMILES string of the molecule is CS[C@H]1CC[C@@H](N(C)CCS(=O)(=O)c2ccc(C#N)cc2)C1. The van der Waals surface area contributed by atoms with E-state index in [1.807, 2.05) is 24.9 Å². The van der Waals surface area contributed by atoms with Crippen molar-refractivity contribution < 1.29 is 8.42 Å². The normalized spacial score (nSPS) is 21.9. The van der Waals surface area contributed by atoms with E-state index >= 15 is 0 Å². The van der Waals surface area contributed by atoms with Crippen LogP contribution >= 0.6 is 11.8 Å². The summed E-state index contributed by atoms with van der Waals surface area (Å²) in [6, 6.07) is 8.64. The van der Waals surface area contributed by atoms with Crippen molar-refractivity contribution in [2.75, 3.05) is 25.6 Å². The maximum atomic E-state index is 12.4. The van der Waals surface area contributed by atoms with Crippen molar-refractivity contribution >= 4 is 21.6 Å². The second-order valence-electron chi connectivity index (χ2n) is 5.76. The predicted molar refractivity (Wildman–Crippen MR) is 90.8 cm³/mol. The summed E-state index contributed by atoms with van der Waals surface area (Å²) in [5, 5.41) is 9.47. The summed E-state index contributed by atoms with van der Waals surface area (Å²) in [7, 11) is -1.27. The summed E-state index contributed by atoms with van der Waals surface area (Å²) in [6.07, 6.45) is 5.66. The minimum absolute atomic E-state index is 0.121. The van der Waals surface area contributed by atoms with Gasteiger partial charge in [-0.1, -0.05) is 0 Å². The second-order valence-corrected chi connectivity index (χ2v) is 9.01. The average molecular weight is 338 g/mol. The van der Waals surface area contributed by atoms with E-state index in [1.54, 1.807) is 12.1 Å². The van der Waals surface area contributed by atoms with Crippen LogP contribution in [0.1, 0.15) is 24.8 Å². The molecule has 0 unspecified atom stereocenters. The topological polar surface area (TPSA) is 61.2 Å². The molecule has 0 aromatic heterocycles.